The van der Waals surface area contributed by atoms with Crippen LogP contribution < -0.4 is 4.74 Å². The molecule has 0 aliphatic carbocycles. The molecular formula is C14H21NO5S2. The fraction of sp³-hybridized carbons (Fsp3) is 0.500. The molecule has 1 aromatic carbocycles. The molecule has 22 heavy (non-hydrogen) atoms. The van der Waals surface area contributed by atoms with Gasteiger partial charge in [-0.2, -0.15) is 0 Å². The molecule has 1 aromatic rings. The molecule has 124 valence electrons. The molecule has 6 nitrogen and oxygen atoms in total. The van der Waals surface area contributed by atoms with Crippen molar-refractivity contribution in [1.82, 2.24) is 4.31 Å². The molecule has 0 saturated heterocycles. The van der Waals surface area contributed by atoms with E-state index in [0.29, 0.717) is 40.5 Å². The maximum atomic E-state index is 12.7. The molecule has 0 amide bonds. The van der Waals surface area contributed by atoms with Crippen molar-refractivity contribution in [3.63, 3.8) is 0 Å². The van der Waals surface area contributed by atoms with Gasteiger partial charge in [0.1, 0.15) is 11.7 Å². The average Bonchev–Trinajstić information content (AvgIpc) is 2.45. The monoisotopic (exact) mass is 347 g/mol. The predicted octanol–water partition coefficient (Wildman–Crippen LogP) is 1.80. The van der Waals surface area contributed by atoms with Crippen LogP contribution in [0, 0.1) is 13.8 Å². The molecule has 0 aliphatic heterocycles. The number of carbonyl (C=O) groups excluding carboxylic acids is 1. The molecule has 0 saturated carbocycles. The van der Waals surface area contributed by atoms with Gasteiger partial charge in [-0.15, -0.1) is 11.8 Å². The number of thioether (sulfide) groups is 1. The zero-order valence-corrected chi connectivity index (χ0v) is 14.8. The number of aryl methyl sites for hydroxylation is 2. The number of hydrogen-bond acceptors (Lipinski definition) is 6. The number of methoxy groups -OCH3 is 1. The van der Waals surface area contributed by atoms with Crippen LogP contribution >= 0.6 is 11.8 Å². The lowest BCUT2D eigenvalue weighted by Gasteiger charge is -2.20. The van der Waals surface area contributed by atoms with Crippen molar-refractivity contribution in [3.05, 3.63) is 23.3 Å². The highest BCUT2D eigenvalue weighted by Gasteiger charge is 2.25. The molecule has 0 N–H and O–H groups in total. The second-order valence-electron chi connectivity index (χ2n) is 4.71. The first-order chi connectivity index (χ1) is 10.3. The Bertz CT molecular complexity index is 593. The normalized spacial score (nSPS) is 11.5. The van der Waals surface area contributed by atoms with Crippen LogP contribution in [0.1, 0.15) is 11.1 Å². The second kappa shape index (κ2) is 8.40. The largest absolute Gasteiger partial charge is 0.497 e. The number of rotatable bonds is 9. The zero-order valence-electron chi connectivity index (χ0n) is 13.2. The fourth-order valence-electron chi connectivity index (χ4n) is 2.04. The maximum Gasteiger partial charge on any atom is 0.293 e. The Kier molecular flexibility index (Phi) is 7.18. The number of sulfonamides is 1. The second-order valence-corrected chi connectivity index (χ2v) is 7.74. The Labute approximate surface area is 135 Å². The van der Waals surface area contributed by atoms with Crippen molar-refractivity contribution in [1.29, 1.82) is 0 Å². The third-order valence-corrected chi connectivity index (χ3v) is 6.04. The van der Waals surface area contributed by atoms with E-state index in [1.807, 2.05) is 0 Å². The van der Waals surface area contributed by atoms with Gasteiger partial charge < -0.3 is 9.47 Å². The molecule has 0 radical (unpaired) electrons. The summed E-state index contributed by atoms with van der Waals surface area (Å²) in [5.41, 5.74) is 1.31. The van der Waals surface area contributed by atoms with E-state index in [-0.39, 0.29) is 5.94 Å². The van der Waals surface area contributed by atoms with E-state index >= 15 is 0 Å². The number of nitrogens with zero attached hydrogens (tertiary/aromatic N) is 1. The standard InChI is InChI=1S/C14H21NO5S2/c1-11-7-13(19-4)8-12(2)14(11)22(17,18)15(3)5-6-21-10-20-9-16/h7-9H,5-6,10H2,1-4H3. The van der Waals surface area contributed by atoms with Gasteiger partial charge in [0.05, 0.1) is 12.0 Å². The van der Waals surface area contributed by atoms with Crippen molar-refractivity contribution in [2.75, 3.05) is 32.4 Å². The molecule has 1 rings (SSSR count). The van der Waals surface area contributed by atoms with E-state index in [1.54, 1.807) is 40.1 Å². The first-order valence-corrected chi connectivity index (χ1v) is 9.18. The quantitative estimate of drug-likeness (QED) is 0.385. The van der Waals surface area contributed by atoms with Crippen molar-refractivity contribution < 1.29 is 22.7 Å². The summed E-state index contributed by atoms with van der Waals surface area (Å²) in [7, 11) is -0.474. The summed E-state index contributed by atoms with van der Waals surface area (Å²) in [5, 5.41) is 0. The van der Waals surface area contributed by atoms with Gasteiger partial charge >= 0.3 is 0 Å². The number of hydrogen-bond donors (Lipinski definition) is 0. The Morgan fingerprint density at radius 2 is 1.86 bits per heavy atom. The number of ether oxygens (including phenoxy) is 2. The van der Waals surface area contributed by atoms with Gasteiger partial charge in [0.2, 0.25) is 10.0 Å². The van der Waals surface area contributed by atoms with Gasteiger partial charge in [0.25, 0.3) is 6.47 Å². The Morgan fingerprint density at radius 3 is 2.36 bits per heavy atom. The van der Waals surface area contributed by atoms with E-state index in [2.05, 4.69) is 4.74 Å². The van der Waals surface area contributed by atoms with Gasteiger partial charge in [-0.05, 0) is 37.1 Å². The first-order valence-electron chi connectivity index (χ1n) is 6.59. The summed E-state index contributed by atoms with van der Waals surface area (Å²) in [4.78, 5) is 10.3. The minimum atomic E-state index is -3.56. The van der Waals surface area contributed by atoms with E-state index in [4.69, 9.17) is 4.74 Å². The van der Waals surface area contributed by atoms with E-state index in [9.17, 15) is 13.2 Å². The van der Waals surface area contributed by atoms with Crippen LogP contribution in [0.15, 0.2) is 17.0 Å². The molecule has 0 bridgehead atoms. The number of benzene rings is 1. The summed E-state index contributed by atoms with van der Waals surface area (Å²) in [6, 6.07) is 3.42. The fourth-order valence-corrected chi connectivity index (χ4v) is 4.40. The van der Waals surface area contributed by atoms with E-state index in [0.717, 1.165) is 0 Å². The average molecular weight is 347 g/mol. The highest BCUT2D eigenvalue weighted by atomic mass is 32.2. The Morgan fingerprint density at radius 1 is 1.27 bits per heavy atom. The molecule has 0 aliphatic rings. The van der Waals surface area contributed by atoms with Crippen molar-refractivity contribution in [2.45, 2.75) is 18.7 Å². The van der Waals surface area contributed by atoms with Gasteiger partial charge in [-0.25, -0.2) is 12.7 Å². The zero-order chi connectivity index (χ0) is 16.8. The van der Waals surface area contributed by atoms with Crippen LogP contribution in [0.5, 0.6) is 5.75 Å². The molecule has 0 spiro atoms. The van der Waals surface area contributed by atoms with Crippen molar-refractivity contribution >= 4 is 28.3 Å². The Hall–Kier alpha value is -1.25. The summed E-state index contributed by atoms with van der Waals surface area (Å²) < 4.78 is 36.4. The van der Waals surface area contributed by atoms with Gasteiger partial charge in [-0.3, -0.25) is 4.79 Å². The summed E-state index contributed by atoms with van der Waals surface area (Å²) in [6.07, 6.45) is 0. The first kappa shape index (κ1) is 18.8. The molecule has 0 aromatic heterocycles. The molecule has 0 heterocycles. The van der Waals surface area contributed by atoms with Gasteiger partial charge in [-0.1, -0.05) is 0 Å². The molecule has 0 unspecified atom stereocenters. The van der Waals surface area contributed by atoms with E-state index in [1.165, 1.54) is 16.1 Å². The topological polar surface area (TPSA) is 72.9 Å². The van der Waals surface area contributed by atoms with E-state index < -0.39 is 10.0 Å². The highest BCUT2D eigenvalue weighted by molar-refractivity contribution is 7.99. The molecule has 8 heteroatoms. The van der Waals surface area contributed by atoms with Crippen LogP contribution in [0.2, 0.25) is 0 Å². The lowest BCUT2D eigenvalue weighted by Crippen LogP contribution is -2.30. The predicted molar refractivity (Wildman–Crippen MR) is 86.8 cm³/mol. The highest BCUT2D eigenvalue weighted by Crippen LogP contribution is 2.27. The maximum absolute atomic E-state index is 12.7. The minimum Gasteiger partial charge on any atom is -0.497 e. The van der Waals surface area contributed by atoms with Crippen LogP contribution in [0.25, 0.3) is 0 Å². The van der Waals surface area contributed by atoms with Gasteiger partial charge in [0.15, 0.2) is 0 Å². The minimum absolute atomic E-state index is 0.220. The lowest BCUT2D eigenvalue weighted by atomic mass is 10.1. The summed E-state index contributed by atoms with van der Waals surface area (Å²) in [5.74, 6) is 1.40. The molecule has 0 fully saturated rings. The summed E-state index contributed by atoms with van der Waals surface area (Å²) in [6.45, 7) is 4.21. The smallest absolute Gasteiger partial charge is 0.293 e. The third-order valence-electron chi connectivity index (χ3n) is 3.11. The van der Waals surface area contributed by atoms with Crippen LogP contribution in [0.4, 0.5) is 0 Å². The summed E-state index contributed by atoms with van der Waals surface area (Å²) >= 11 is 1.35. The van der Waals surface area contributed by atoms with Crippen molar-refractivity contribution in [2.24, 2.45) is 0 Å². The van der Waals surface area contributed by atoms with Gasteiger partial charge in [0, 0.05) is 19.3 Å². The molecule has 0 atom stereocenters. The SMILES string of the molecule is COc1cc(C)c(S(=O)(=O)N(C)CCSCOC=O)c(C)c1. The Balaban J connectivity index is 2.87. The van der Waals surface area contributed by atoms with Crippen LogP contribution in [-0.2, 0) is 19.6 Å². The molecular weight excluding hydrogens is 326 g/mol. The van der Waals surface area contributed by atoms with Crippen molar-refractivity contribution in [3.8, 4) is 5.75 Å². The third kappa shape index (κ3) is 4.62. The van der Waals surface area contributed by atoms with Crippen LogP contribution in [0.3, 0.4) is 0 Å². The number of carbonyl (C=O) groups is 1. The van der Waals surface area contributed by atoms with Crippen LogP contribution in [-0.4, -0.2) is 51.6 Å². The lowest BCUT2D eigenvalue weighted by molar-refractivity contribution is -0.126.